The number of aryl methyl sites for hydroxylation is 1. The summed E-state index contributed by atoms with van der Waals surface area (Å²) < 4.78 is 0.950. The molecule has 4 nitrogen and oxygen atoms in total. The number of carbonyl (C=O) groups is 1. The van der Waals surface area contributed by atoms with Crippen LogP contribution >= 0.6 is 15.9 Å². The maximum Gasteiger partial charge on any atom is 0.254 e. The zero-order valence-corrected chi connectivity index (χ0v) is 13.9. The highest BCUT2D eigenvalue weighted by Gasteiger charge is 2.24. The SMILES string of the molecule is Cc1cc(C(=O)N2CCC(C#N)CC2)c2ccc(Br)cc2n1. The summed E-state index contributed by atoms with van der Waals surface area (Å²) in [6, 6.07) is 9.94. The minimum absolute atomic E-state index is 0.0363. The summed E-state index contributed by atoms with van der Waals surface area (Å²) in [6.45, 7) is 3.20. The van der Waals surface area contributed by atoms with E-state index in [-0.39, 0.29) is 11.8 Å². The Morgan fingerprint density at radius 2 is 2.09 bits per heavy atom. The molecule has 22 heavy (non-hydrogen) atoms. The summed E-state index contributed by atoms with van der Waals surface area (Å²) in [4.78, 5) is 19.2. The van der Waals surface area contributed by atoms with Crippen LogP contribution in [0.4, 0.5) is 0 Å². The van der Waals surface area contributed by atoms with E-state index < -0.39 is 0 Å². The Labute approximate surface area is 137 Å². The van der Waals surface area contributed by atoms with Crippen molar-refractivity contribution in [2.24, 2.45) is 5.92 Å². The van der Waals surface area contributed by atoms with Gasteiger partial charge in [0.25, 0.3) is 5.91 Å². The standard InChI is InChI=1S/C17H16BrN3O/c1-11-8-15(14-3-2-13(18)9-16(14)20-11)17(22)21-6-4-12(10-19)5-7-21/h2-3,8-9,12H,4-7H2,1H3. The lowest BCUT2D eigenvalue weighted by Crippen LogP contribution is -2.38. The third-order valence-corrected chi connectivity index (χ3v) is 4.59. The molecule has 0 aliphatic carbocycles. The zero-order valence-electron chi connectivity index (χ0n) is 12.3. The van der Waals surface area contributed by atoms with Crippen LogP contribution in [0, 0.1) is 24.2 Å². The maximum atomic E-state index is 12.8. The van der Waals surface area contributed by atoms with Crippen LogP contribution in [-0.4, -0.2) is 28.9 Å². The first kappa shape index (κ1) is 15.0. The largest absolute Gasteiger partial charge is 0.339 e. The molecule has 2 aromatic rings. The number of carbonyl (C=O) groups excluding carboxylic acids is 1. The number of nitriles is 1. The molecule has 1 aliphatic heterocycles. The van der Waals surface area contributed by atoms with Crippen molar-refractivity contribution >= 4 is 32.7 Å². The van der Waals surface area contributed by atoms with Gasteiger partial charge in [0.1, 0.15) is 0 Å². The number of pyridine rings is 1. The van der Waals surface area contributed by atoms with Gasteiger partial charge in [0.15, 0.2) is 0 Å². The van der Waals surface area contributed by atoms with Gasteiger partial charge in [-0.1, -0.05) is 22.0 Å². The van der Waals surface area contributed by atoms with Crippen molar-refractivity contribution in [1.29, 1.82) is 5.26 Å². The lowest BCUT2D eigenvalue weighted by atomic mass is 9.97. The number of hydrogen-bond donors (Lipinski definition) is 0. The molecule has 1 aromatic carbocycles. The topological polar surface area (TPSA) is 57.0 Å². The quantitative estimate of drug-likeness (QED) is 0.781. The van der Waals surface area contributed by atoms with Crippen molar-refractivity contribution < 1.29 is 4.79 Å². The average Bonchev–Trinajstić information content (AvgIpc) is 2.53. The predicted octanol–water partition coefficient (Wildman–Crippen LogP) is 3.68. The van der Waals surface area contributed by atoms with Crippen LogP contribution in [0.1, 0.15) is 28.9 Å². The molecule has 0 spiro atoms. The fraction of sp³-hybridized carbons (Fsp3) is 0.353. The molecular formula is C17H16BrN3O. The maximum absolute atomic E-state index is 12.8. The molecule has 1 fully saturated rings. The van der Waals surface area contributed by atoms with Gasteiger partial charge in [-0.3, -0.25) is 9.78 Å². The number of benzene rings is 1. The molecule has 0 saturated carbocycles. The Balaban J connectivity index is 1.96. The third kappa shape index (κ3) is 2.84. The highest BCUT2D eigenvalue weighted by Crippen LogP contribution is 2.25. The molecule has 0 bridgehead atoms. The van der Waals surface area contributed by atoms with Crippen LogP contribution in [0.5, 0.6) is 0 Å². The summed E-state index contributed by atoms with van der Waals surface area (Å²) in [5.74, 6) is 0.116. The molecule has 1 amide bonds. The highest BCUT2D eigenvalue weighted by molar-refractivity contribution is 9.10. The number of hydrogen-bond acceptors (Lipinski definition) is 3. The van der Waals surface area contributed by atoms with Gasteiger partial charge in [-0.05, 0) is 38.0 Å². The second kappa shape index (κ2) is 6.05. The molecule has 0 radical (unpaired) electrons. The molecular weight excluding hydrogens is 342 g/mol. The van der Waals surface area contributed by atoms with Crippen molar-refractivity contribution in [2.45, 2.75) is 19.8 Å². The first-order valence-corrected chi connectivity index (χ1v) is 8.13. The van der Waals surface area contributed by atoms with Crippen LogP contribution in [0.25, 0.3) is 10.9 Å². The lowest BCUT2D eigenvalue weighted by molar-refractivity contribution is 0.0709. The number of aromatic nitrogens is 1. The van der Waals surface area contributed by atoms with Crippen LogP contribution < -0.4 is 0 Å². The lowest BCUT2D eigenvalue weighted by Gasteiger charge is -2.29. The van der Waals surface area contributed by atoms with Crippen LogP contribution in [0.15, 0.2) is 28.7 Å². The number of likely N-dealkylation sites (tertiary alicyclic amines) is 1. The van der Waals surface area contributed by atoms with Crippen molar-refractivity contribution in [3.8, 4) is 6.07 Å². The van der Waals surface area contributed by atoms with E-state index >= 15 is 0 Å². The molecule has 2 heterocycles. The number of amides is 1. The van der Waals surface area contributed by atoms with Crippen molar-refractivity contribution in [3.05, 3.63) is 40.0 Å². The first-order valence-electron chi connectivity index (χ1n) is 7.34. The molecule has 0 unspecified atom stereocenters. The first-order chi connectivity index (χ1) is 10.6. The van der Waals surface area contributed by atoms with E-state index in [0.717, 1.165) is 33.9 Å². The number of halogens is 1. The third-order valence-electron chi connectivity index (χ3n) is 4.10. The molecule has 1 aliphatic rings. The Morgan fingerprint density at radius 3 is 2.77 bits per heavy atom. The normalized spacial score (nSPS) is 15.8. The van der Waals surface area contributed by atoms with Gasteiger partial charge < -0.3 is 4.90 Å². The van der Waals surface area contributed by atoms with E-state index in [2.05, 4.69) is 27.0 Å². The van der Waals surface area contributed by atoms with Gasteiger partial charge >= 0.3 is 0 Å². The van der Waals surface area contributed by atoms with Crippen molar-refractivity contribution in [3.63, 3.8) is 0 Å². The fourth-order valence-corrected chi connectivity index (χ4v) is 3.24. The number of piperidine rings is 1. The zero-order chi connectivity index (χ0) is 15.7. The van der Waals surface area contributed by atoms with E-state index in [1.54, 1.807) is 0 Å². The van der Waals surface area contributed by atoms with Crippen LogP contribution in [0.2, 0.25) is 0 Å². The predicted molar refractivity (Wildman–Crippen MR) is 88.4 cm³/mol. The summed E-state index contributed by atoms with van der Waals surface area (Å²) in [5.41, 5.74) is 2.36. The fourth-order valence-electron chi connectivity index (χ4n) is 2.89. The second-order valence-corrected chi connectivity index (χ2v) is 6.58. The van der Waals surface area contributed by atoms with E-state index in [1.807, 2.05) is 36.1 Å². The molecule has 0 N–H and O–H groups in total. The summed E-state index contributed by atoms with van der Waals surface area (Å²) >= 11 is 3.44. The van der Waals surface area contributed by atoms with E-state index in [4.69, 9.17) is 5.26 Å². The summed E-state index contributed by atoms with van der Waals surface area (Å²) in [5, 5.41) is 9.85. The van der Waals surface area contributed by atoms with Gasteiger partial charge in [-0.2, -0.15) is 5.26 Å². The van der Waals surface area contributed by atoms with Crippen LogP contribution in [-0.2, 0) is 0 Å². The Morgan fingerprint density at radius 1 is 1.36 bits per heavy atom. The highest BCUT2D eigenvalue weighted by atomic mass is 79.9. The molecule has 5 heteroatoms. The summed E-state index contributed by atoms with van der Waals surface area (Å²) in [6.07, 6.45) is 1.52. The number of rotatable bonds is 1. The van der Waals surface area contributed by atoms with Gasteiger partial charge in [-0.25, -0.2) is 0 Å². The minimum atomic E-state index is 0.0363. The Bertz CT molecular complexity index is 768. The van der Waals surface area contributed by atoms with Gasteiger partial charge in [-0.15, -0.1) is 0 Å². The molecule has 1 aromatic heterocycles. The smallest absolute Gasteiger partial charge is 0.254 e. The van der Waals surface area contributed by atoms with E-state index in [1.165, 1.54) is 0 Å². The monoisotopic (exact) mass is 357 g/mol. The van der Waals surface area contributed by atoms with E-state index in [9.17, 15) is 4.79 Å². The average molecular weight is 358 g/mol. The van der Waals surface area contributed by atoms with Gasteiger partial charge in [0.05, 0.1) is 17.1 Å². The van der Waals surface area contributed by atoms with E-state index in [0.29, 0.717) is 18.7 Å². The number of nitrogens with zero attached hydrogens (tertiary/aromatic N) is 3. The molecule has 0 atom stereocenters. The number of fused-ring (bicyclic) bond motifs is 1. The van der Waals surface area contributed by atoms with Gasteiger partial charge in [0, 0.05) is 34.6 Å². The van der Waals surface area contributed by atoms with Gasteiger partial charge in [0.2, 0.25) is 0 Å². The Kier molecular flexibility index (Phi) is 4.12. The molecule has 3 rings (SSSR count). The molecule has 112 valence electrons. The Hall–Kier alpha value is -1.93. The van der Waals surface area contributed by atoms with Crippen LogP contribution in [0.3, 0.4) is 0 Å². The molecule has 1 saturated heterocycles. The summed E-state index contributed by atoms with van der Waals surface area (Å²) in [7, 11) is 0. The minimum Gasteiger partial charge on any atom is -0.339 e. The van der Waals surface area contributed by atoms with Crippen molar-refractivity contribution in [2.75, 3.05) is 13.1 Å². The van der Waals surface area contributed by atoms with Crippen molar-refractivity contribution in [1.82, 2.24) is 9.88 Å². The second-order valence-electron chi connectivity index (χ2n) is 5.67.